The monoisotopic (exact) mass is 348 g/mol. The zero-order valence-corrected chi connectivity index (χ0v) is 16.6. The molecule has 1 rings (SSSR count). The lowest BCUT2D eigenvalue weighted by molar-refractivity contribution is -0.903. The summed E-state index contributed by atoms with van der Waals surface area (Å²) in [6, 6.07) is 7.31. The van der Waals surface area contributed by atoms with Crippen molar-refractivity contribution in [2.75, 3.05) is 20.6 Å². The number of unbranched alkanes of at least 4 members (excludes halogenated alkanes) is 9. The maximum absolute atomic E-state index is 10.9. The molecule has 25 heavy (non-hydrogen) atoms. The first-order valence-electron chi connectivity index (χ1n) is 10.1. The summed E-state index contributed by atoms with van der Waals surface area (Å²) in [5, 5.41) is 8.96. The van der Waals surface area contributed by atoms with Crippen LogP contribution in [0.3, 0.4) is 0 Å². The Balaban J connectivity index is 2.13. The van der Waals surface area contributed by atoms with Gasteiger partial charge in [0.15, 0.2) is 0 Å². The smallest absolute Gasteiger partial charge is 0.335 e. The van der Waals surface area contributed by atoms with Crippen LogP contribution in [0.4, 0.5) is 0 Å². The zero-order valence-electron chi connectivity index (χ0n) is 16.6. The second kappa shape index (κ2) is 12.1. The van der Waals surface area contributed by atoms with Crippen LogP contribution in [-0.2, 0) is 6.54 Å². The molecule has 0 aliphatic carbocycles. The summed E-state index contributed by atoms with van der Waals surface area (Å²) in [4.78, 5) is 10.9. The molecule has 1 aromatic rings. The minimum absolute atomic E-state index is 0.365. The molecular weight excluding hydrogens is 310 g/mol. The minimum atomic E-state index is -0.856. The lowest BCUT2D eigenvalue weighted by Crippen LogP contribution is -2.39. The first kappa shape index (κ1) is 21.7. The Kier molecular flexibility index (Phi) is 10.5. The second-order valence-electron chi connectivity index (χ2n) is 8.00. The average molecular weight is 349 g/mol. The molecule has 0 heterocycles. The molecule has 0 amide bonds. The number of carboxylic acid groups (broad SMARTS) is 1. The van der Waals surface area contributed by atoms with Crippen molar-refractivity contribution in [3.05, 3.63) is 35.4 Å². The van der Waals surface area contributed by atoms with Crippen LogP contribution < -0.4 is 0 Å². The van der Waals surface area contributed by atoms with Gasteiger partial charge in [0.1, 0.15) is 6.54 Å². The molecule has 1 aromatic carbocycles. The van der Waals surface area contributed by atoms with E-state index in [2.05, 4.69) is 21.0 Å². The van der Waals surface area contributed by atoms with Gasteiger partial charge >= 0.3 is 5.97 Å². The molecule has 0 atom stereocenters. The highest BCUT2D eigenvalue weighted by Gasteiger charge is 2.15. The quantitative estimate of drug-likeness (QED) is 0.336. The standard InChI is InChI=1S/C22H37NO2/c1-4-5-6-7-8-9-10-11-12-13-18-23(2,3)19-20-14-16-21(17-15-20)22(24)25/h14-17H,4-13,18-19H2,1-3H3/p+1. The van der Waals surface area contributed by atoms with Crippen LogP contribution in [0.5, 0.6) is 0 Å². The summed E-state index contributed by atoms with van der Waals surface area (Å²) < 4.78 is 0.962. The van der Waals surface area contributed by atoms with Gasteiger partial charge in [-0.3, -0.25) is 0 Å². The van der Waals surface area contributed by atoms with Crippen molar-refractivity contribution in [2.24, 2.45) is 0 Å². The highest BCUT2D eigenvalue weighted by Crippen LogP contribution is 2.14. The highest BCUT2D eigenvalue weighted by molar-refractivity contribution is 5.87. The summed E-state index contributed by atoms with van der Waals surface area (Å²) in [5.74, 6) is -0.856. The van der Waals surface area contributed by atoms with E-state index in [4.69, 9.17) is 5.11 Å². The van der Waals surface area contributed by atoms with E-state index < -0.39 is 5.97 Å². The van der Waals surface area contributed by atoms with Gasteiger partial charge < -0.3 is 9.59 Å². The summed E-state index contributed by atoms with van der Waals surface area (Å²) in [7, 11) is 4.53. The van der Waals surface area contributed by atoms with Crippen molar-refractivity contribution >= 4 is 5.97 Å². The number of hydrogen-bond donors (Lipinski definition) is 1. The number of aromatic carboxylic acids is 1. The fourth-order valence-corrected chi connectivity index (χ4v) is 3.35. The van der Waals surface area contributed by atoms with Gasteiger partial charge in [-0.2, -0.15) is 0 Å². The third-order valence-electron chi connectivity index (χ3n) is 4.93. The van der Waals surface area contributed by atoms with Crippen LogP contribution in [0.1, 0.15) is 87.1 Å². The van der Waals surface area contributed by atoms with Gasteiger partial charge in [0, 0.05) is 5.56 Å². The SMILES string of the molecule is CCCCCCCCCCCC[N+](C)(C)Cc1ccc(C(=O)O)cc1. The van der Waals surface area contributed by atoms with Crippen LogP contribution in [0, 0.1) is 0 Å². The largest absolute Gasteiger partial charge is 0.478 e. The number of rotatable bonds is 14. The Morgan fingerprint density at radius 1 is 0.840 bits per heavy atom. The lowest BCUT2D eigenvalue weighted by Gasteiger charge is -2.30. The molecule has 0 saturated carbocycles. The number of nitrogens with zero attached hydrogens (tertiary/aromatic N) is 1. The van der Waals surface area contributed by atoms with Crippen molar-refractivity contribution in [3.63, 3.8) is 0 Å². The van der Waals surface area contributed by atoms with Gasteiger partial charge in [0.25, 0.3) is 0 Å². The third-order valence-corrected chi connectivity index (χ3v) is 4.93. The first-order valence-corrected chi connectivity index (χ1v) is 10.1. The molecule has 0 unspecified atom stereocenters. The molecule has 0 aromatic heterocycles. The van der Waals surface area contributed by atoms with E-state index in [9.17, 15) is 4.79 Å². The highest BCUT2D eigenvalue weighted by atomic mass is 16.4. The Labute approximate surface area is 154 Å². The van der Waals surface area contributed by atoms with Crippen LogP contribution in [0.2, 0.25) is 0 Å². The molecule has 0 spiro atoms. The molecule has 0 saturated heterocycles. The van der Waals surface area contributed by atoms with E-state index in [1.54, 1.807) is 12.1 Å². The summed E-state index contributed by atoms with van der Waals surface area (Å²) in [5.41, 5.74) is 1.57. The second-order valence-corrected chi connectivity index (χ2v) is 8.00. The van der Waals surface area contributed by atoms with E-state index >= 15 is 0 Å². The van der Waals surface area contributed by atoms with E-state index in [0.29, 0.717) is 5.56 Å². The predicted octanol–water partition coefficient (Wildman–Crippen LogP) is 5.88. The molecule has 0 aliphatic heterocycles. The van der Waals surface area contributed by atoms with E-state index in [-0.39, 0.29) is 0 Å². The maximum atomic E-state index is 10.9. The Morgan fingerprint density at radius 2 is 1.32 bits per heavy atom. The molecular formula is C22H38NO2+. The predicted molar refractivity (Wildman–Crippen MR) is 106 cm³/mol. The fraction of sp³-hybridized carbons (Fsp3) is 0.682. The van der Waals surface area contributed by atoms with Gasteiger partial charge in [0.05, 0.1) is 26.2 Å². The van der Waals surface area contributed by atoms with Crippen molar-refractivity contribution in [1.82, 2.24) is 0 Å². The van der Waals surface area contributed by atoms with Crippen molar-refractivity contribution in [1.29, 1.82) is 0 Å². The molecule has 0 radical (unpaired) electrons. The third kappa shape index (κ3) is 10.3. The zero-order chi connectivity index (χ0) is 18.5. The number of carboxylic acids is 1. The Hall–Kier alpha value is -1.35. The van der Waals surface area contributed by atoms with Crippen LogP contribution >= 0.6 is 0 Å². The molecule has 142 valence electrons. The topological polar surface area (TPSA) is 37.3 Å². The summed E-state index contributed by atoms with van der Waals surface area (Å²) in [6.45, 7) is 4.40. The van der Waals surface area contributed by atoms with Crippen LogP contribution in [-0.4, -0.2) is 36.2 Å². The average Bonchev–Trinajstić information content (AvgIpc) is 2.56. The molecule has 0 fully saturated rings. The number of benzene rings is 1. The number of carbonyl (C=O) groups is 1. The van der Waals surface area contributed by atoms with E-state index in [1.165, 1.54) is 76.3 Å². The Bertz CT molecular complexity index is 479. The number of quaternary nitrogens is 1. The first-order chi connectivity index (χ1) is 11.9. The van der Waals surface area contributed by atoms with E-state index in [0.717, 1.165) is 11.0 Å². The minimum Gasteiger partial charge on any atom is -0.478 e. The lowest BCUT2D eigenvalue weighted by atomic mass is 10.1. The normalized spacial score (nSPS) is 11.6. The Morgan fingerprint density at radius 3 is 1.80 bits per heavy atom. The summed E-state index contributed by atoms with van der Waals surface area (Å²) in [6.07, 6.45) is 13.7. The van der Waals surface area contributed by atoms with Crippen molar-refractivity contribution in [3.8, 4) is 0 Å². The van der Waals surface area contributed by atoms with Crippen molar-refractivity contribution < 1.29 is 14.4 Å². The van der Waals surface area contributed by atoms with E-state index in [1.807, 2.05) is 12.1 Å². The van der Waals surface area contributed by atoms with Gasteiger partial charge in [-0.15, -0.1) is 0 Å². The number of hydrogen-bond acceptors (Lipinski definition) is 1. The van der Waals surface area contributed by atoms with Gasteiger partial charge in [-0.1, -0.05) is 70.4 Å². The van der Waals surface area contributed by atoms with Gasteiger partial charge in [0.2, 0.25) is 0 Å². The molecule has 3 heteroatoms. The van der Waals surface area contributed by atoms with Crippen LogP contribution in [0.15, 0.2) is 24.3 Å². The molecule has 0 bridgehead atoms. The van der Waals surface area contributed by atoms with Crippen LogP contribution in [0.25, 0.3) is 0 Å². The molecule has 0 aliphatic rings. The molecule has 3 nitrogen and oxygen atoms in total. The maximum Gasteiger partial charge on any atom is 0.335 e. The fourth-order valence-electron chi connectivity index (χ4n) is 3.35. The molecule has 1 N–H and O–H groups in total. The van der Waals surface area contributed by atoms with Gasteiger partial charge in [-0.25, -0.2) is 4.79 Å². The van der Waals surface area contributed by atoms with Crippen molar-refractivity contribution in [2.45, 2.75) is 77.7 Å². The summed E-state index contributed by atoms with van der Waals surface area (Å²) >= 11 is 0. The van der Waals surface area contributed by atoms with Gasteiger partial charge in [-0.05, 0) is 25.0 Å².